The fourth-order valence-electron chi connectivity index (χ4n) is 1.94. The first kappa shape index (κ1) is 13.4. The van der Waals surface area contributed by atoms with Crippen molar-refractivity contribution in [2.75, 3.05) is 5.32 Å². The van der Waals surface area contributed by atoms with E-state index in [1.54, 1.807) is 6.07 Å². The van der Waals surface area contributed by atoms with Gasteiger partial charge in [0.15, 0.2) is 0 Å². The van der Waals surface area contributed by atoms with E-state index >= 15 is 0 Å². The topological polar surface area (TPSA) is 17.0 Å². The number of halogens is 2. The zero-order chi connectivity index (χ0) is 13.3. The maximum Gasteiger partial charge on any atom is 0.124 e. The second kappa shape index (κ2) is 5.30. The normalized spacial score (nSPS) is 10.7. The van der Waals surface area contributed by atoms with Crippen molar-refractivity contribution in [2.24, 2.45) is 7.05 Å². The lowest BCUT2D eigenvalue weighted by Gasteiger charge is -2.09. The summed E-state index contributed by atoms with van der Waals surface area (Å²) in [5.74, 6) is -0.198. The molecule has 18 heavy (non-hydrogen) atoms. The Morgan fingerprint density at radius 1 is 1.28 bits per heavy atom. The minimum Gasteiger partial charge on any atom is -0.380 e. The second-order valence-electron chi connectivity index (χ2n) is 4.43. The van der Waals surface area contributed by atoms with Crippen molar-refractivity contribution in [3.8, 4) is 0 Å². The standard InChI is InChI=1S/C14H16FIN2/c1-9-6-11(10(2)18(9)3)8-17-14-5-4-12(15)7-13(14)16/h4-7,17H,8H2,1-3H3. The van der Waals surface area contributed by atoms with Gasteiger partial charge in [0, 0.05) is 34.2 Å². The van der Waals surface area contributed by atoms with Gasteiger partial charge in [0.2, 0.25) is 0 Å². The first-order valence-corrected chi connectivity index (χ1v) is 6.87. The third-order valence-electron chi connectivity index (χ3n) is 3.28. The van der Waals surface area contributed by atoms with E-state index in [0.717, 1.165) is 15.8 Å². The SMILES string of the molecule is Cc1cc(CNc2ccc(F)cc2I)c(C)n1C. The number of rotatable bonds is 3. The van der Waals surface area contributed by atoms with Crippen molar-refractivity contribution in [2.45, 2.75) is 20.4 Å². The van der Waals surface area contributed by atoms with Gasteiger partial charge in [0.25, 0.3) is 0 Å². The number of aromatic nitrogens is 1. The summed E-state index contributed by atoms with van der Waals surface area (Å²) in [6.45, 7) is 4.97. The van der Waals surface area contributed by atoms with Crippen LogP contribution in [-0.4, -0.2) is 4.57 Å². The van der Waals surface area contributed by atoms with E-state index in [0.29, 0.717) is 0 Å². The molecular weight excluding hydrogens is 342 g/mol. The fourth-order valence-corrected chi connectivity index (χ4v) is 2.60. The monoisotopic (exact) mass is 358 g/mol. The van der Waals surface area contributed by atoms with Crippen LogP contribution in [0.3, 0.4) is 0 Å². The summed E-state index contributed by atoms with van der Waals surface area (Å²) in [7, 11) is 2.07. The molecule has 0 aliphatic rings. The van der Waals surface area contributed by atoms with Gasteiger partial charge in [-0.05, 0) is 66.3 Å². The zero-order valence-corrected chi connectivity index (χ0v) is 12.9. The van der Waals surface area contributed by atoms with Crippen LogP contribution in [0.1, 0.15) is 17.0 Å². The van der Waals surface area contributed by atoms with Crippen molar-refractivity contribution in [3.63, 3.8) is 0 Å². The molecule has 1 N–H and O–H groups in total. The largest absolute Gasteiger partial charge is 0.380 e. The molecule has 0 aliphatic carbocycles. The summed E-state index contributed by atoms with van der Waals surface area (Å²) in [5, 5.41) is 3.35. The first-order valence-electron chi connectivity index (χ1n) is 5.79. The summed E-state index contributed by atoms with van der Waals surface area (Å²) in [5.41, 5.74) is 4.75. The maximum absolute atomic E-state index is 13.0. The molecule has 0 aliphatic heterocycles. The van der Waals surface area contributed by atoms with Gasteiger partial charge in [-0.2, -0.15) is 0 Å². The van der Waals surface area contributed by atoms with Crippen molar-refractivity contribution >= 4 is 28.3 Å². The van der Waals surface area contributed by atoms with Gasteiger partial charge in [-0.25, -0.2) is 4.39 Å². The zero-order valence-electron chi connectivity index (χ0n) is 10.7. The Hall–Kier alpha value is -1.04. The molecule has 0 unspecified atom stereocenters. The van der Waals surface area contributed by atoms with Crippen LogP contribution < -0.4 is 5.32 Å². The van der Waals surface area contributed by atoms with Crippen LogP contribution in [0, 0.1) is 23.2 Å². The first-order chi connectivity index (χ1) is 8.49. The highest BCUT2D eigenvalue weighted by atomic mass is 127. The van der Waals surface area contributed by atoms with Crippen LogP contribution in [0.4, 0.5) is 10.1 Å². The number of nitrogens with one attached hydrogen (secondary N) is 1. The molecule has 2 nitrogen and oxygen atoms in total. The molecule has 0 radical (unpaired) electrons. The van der Waals surface area contributed by atoms with Crippen LogP contribution in [0.5, 0.6) is 0 Å². The summed E-state index contributed by atoms with van der Waals surface area (Å²) < 4.78 is 16.1. The predicted octanol–water partition coefficient (Wildman–Crippen LogP) is 4.00. The minimum atomic E-state index is -0.198. The van der Waals surface area contributed by atoms with Crippen LogP contribution in [-0.2, 0) is 13.6 Å². The Morgan fingerprint density at radius 2 is 2.00 bits per heavy atom. The lowest BCUT2D eigenvalue weighted by molar-refractivity contribution is 0.627. The van der Waals surface area contributed by atoms with Gasteiger partial charge in [-0.3, -0.25) is 0 Å². The number of benzene rings is 1. The molecule has 0 fully saturated rings. The fraction of sp³-hybridized carbons (Fsp3) is 0.286. The summed E-state index contributed by atoms with van der Waals surface area (Å²) in [4.78, 5) is 0. The molecule has 0 amide bonds. The van der Waals surface area contributed by atoms with E-state index in [4.69, 9.17) is 0 Å². The van der Waals surface area contributed by atoms with Gasteiger partial charge < -0.3 is 9.88 Å². The molecular formula is C14H16FIN2. The highest BCUT2D eigenvalue weighted by Crippen LogP contribution is 2.21. The molecule has 0 spiro atoms. The Kier molecular flexibility index (Phi) is 3.94. The summed E-state index contributed by atoms with van der Waals surface area (Å²) in [6.07, 6.45) is 0. The lowest BCUT2D eigenvalue weighted by Crippen LogP contribution is -2.02. The lowest BCUT2D eigenvalue weighted by atomic mass is 10.2. The molecule has 1 aromatic carbocycles. The number of hydrogen-bond acceptors (Lipinski definition) is 1. The van der Waals surface area contributed by atoms with Gasteiger partial charge >= 0.3 is 0 Å². The highest BCUT2D eigenvalue weighted by molar-refractivity contribution is 14.1. The maximum atomic E-state index is 13.0. The molecule has 0 bridgehead atoms. The Morgan fingerprint density at radius 3 is 2.56 bits per heavy atom. The Balaban J connectivity index is 2.14. The third-order valence-corrected chi connectivity index (χ3v) is 4.17. The average Bonchev–Trinajstić information content (AvgIpc) is 2.56. The molecule has 0 atom stereocenters. The summed E-state index contributed by atoms with van der Waals surface area (Å²) in [6, 6.07) is 6.97. The quantitative estimate of drug-likeness (QED) is 0.821. The van der Waals surface area contributed by atoms with Gasteiger partial charge in [-0.15, -0.1) is 0 Å². The van der Waals surface area contributed by atoms with Crippen LogP contribution >= 0.6 is 22.6 Å². The number of anilines is 1. The Bertz CT molecular complexity index is 575. The minimum absolute atomic E-state index is 0.198. The van der Waals surface area contributed by atoms with Crippen molar-refractivity contribution in [3.05, 3.63) is 50.6 Å². The molecule has 4 heteroatoms. The van der Waals surface area contributed by atoms with E-state index in [1.807, 2.05) is 0 Å². The van der Waals surface area contributed by atoms with Crippen molar-refractivity contribution in [1.29, 1.82) is 0 Å². The predicted molar refractivity (Wildman–Crippen MR) is 81.3 cm³/mol. The average molecular weight is 358 g/mol. The van der Waals surface area contributed by atoms with E-state index in [2.05, 4.69) is 59.4 Å². The molecule has 0 saturated heterocycles. The molecule has 2 rings (SSSR count). The number of hydrogen-bond donors (Lipinski definition) is 1. The van der Waals surface area contributed by atoms with Crippen LogP contribution in [0.15, 0.2) is 24.3 Å². The van der Waals surface area contributed by atoms with Crippen LogP contribution in [0.2, 0.25) is 0 Å². The highest BCUT2D eigenvalue weighted by Gasteiger charge is 2.07. The summed E-state index contributed by atoms with van der Waals surface area (Å²) >= 11 is 2.14. The van der Waals surface area contributed by atoms with Crippen molar-refractivity contribution < 1.29 is 4.39 Å². The number of aryl methyl sites for hydroxylation is 1. The molecule has 2 aromatic rings. The number of nitrogens with zero attached hydrogens (tertiary/aromatic N) is 1. The van der Waals surface area contributed by atoms with Gasteiger partial charge in [0.1, 0.15) is 5.82 Å². The van der Waals surface area contributed by atoms with Gasteiger partial charge in [0.05, 0.1) is 0 Å². The molecule has 96 valence electrons. The smallest absolute Gasteiger partial charge is 0.124 e. The van der Waals surface area contributed by atoms with E-state index in [-0.39, 0.29) is 5.82 Å². The van der Waals surface area contributed by atoms with E-state index in [1.165, 1.54) is 29.1 Å². The molecule has 0 saturated carbocycles. The van der Waals surface area contributed by atoms with Crippen molar-refractivity contribution in [1.82, 2.24) is 4.57 Å². The molecule has 1 aromatic heterocycles. The third kappa shape index (κ3) is 2.68. The van der Waals surface area contributed by atoms with E-state index in [9.17, 15) is 4.39 Å². The molecule has 1 heterocycles. The van der Waals surface area contributed by atoms with E-state index < -0.39 is 0 Å². The van der Waals surface area contributed by atoms with Crippen LogP contribution in [0.25, 0.3) is 0 Å². The van der Waals surface area contributed by atoms with Gasteiger partial charge in [-0.1, -0.05) is 0 Å². The Labute approximate surface area is 120 Å². The second-order valence-corrected chi connectivity index (χ2v) is 5.60.